The second-order valence-corrected chi connectivity index (χ2v) is 4.84. The van der Waals surface area contributed by atoms with Gasteiger partial charge in [0.25, 0.3) is 0 Å². The first-order valence-electron chi connectivity index (χ1n) is 6.11. The summed E-state index contributed by atoms with van der Waals surface area (Å²) >= 11 is 0. The van der Waals surface area contributed by atoms with E-state index in [1.807, 2.05) is 32.0 Å². The second kappa shape index (κ2) is 4.12. The molecular formula is C14H14N2O3. The van der Waals surface area contributed by atoms with Gasteiger partial charge in [-0.05, 0) is 30.5 Å². The van der Waals surface area contributed by atoms with Crippen molar-refractivity contribution in [3.63, 3.8) is 0 Å². The molecule has 0 fully saturated rings. The highest BCUT2D eigenvalue weighted by molar-refractivity contribution is 5.97. The molecule has 1 aromatic carbocycles. The normalized spacial score (nSPS) is 21.7. The van der Waals surface area contributed by atoms with Crippen LogP contribution in [0.4, 0.5) is 4.79 Å². The first-order chi connectivity index (χ1) is 9.06. The van der Waals surface area contributed by atoms with E-state index in [0.29, 0.717) is 11.3 Å². The summed E-state index contributed by atoms with van der Waals surface area (Å²) in [6, 6.07) is 5.16. The van der Waals surface area contributed by atoms with E-state index >= 15 is 0 Å². The van der Waals surface area contributed by atoms with Crippen LogP contribution < -0.4 is 10.6 Å². The van der Waals surface area contributed by atoms with E-state index in [4.69, 9.17) is 4.74 Å². The number of nitrogens with one attached hydrogen (secondary N) is 2. The Labute approximate surface area is 110 Å². The van der Waals surface area contributed by atoms with Crippen LogP contribution in [0.1, 0.15) is 22.7 Å². The first-order valence-corrected chi connectivity index (χ1v) is 6.11. The van der Waals surface area contributed by atoms with Crippen LogP contribution in [-0.4, -0.2) is 18.6 Å². The summed E-state index contributed by atoms with van der Waals surface area (Å²) < 4.78 is 4.99. The van der Waals surface area contributed by atoms with E-state index in [0.717, 1.165) is 11.1 Å². The number of aryl methyl sites for hydroxylation is 2. The molecule has 0 saturated carbocycles. The van der Waals surface area contributed by atoms with E-state index in [2.05, 4.69) is 10.6 Å². The highest BCUT2D eigenvalue weighted by Crippen LogP contribution is 2.31. The van der Waals surface area contributed by atoms with Crippen LogP contribution in [0.15, 0.2) is 29.5 Å². The predicted molar refractivity (Wildman–Crippen MR) is 68.3 cm³/mol. The minimum Gasteiger partial charge on any atom is -0.456 e. The smallest absolute Gasteiger partial charge is 0.338 e. The lowest BCUT2D eigenvalue weighted by molar-refractivity contribution is -0.136. The molecule has 98 valence electrons. The van der Waals surface area contributed by atoms with Crippen molar-refractivity contribution in [2.24, 2.45) is 0 Å². The van der Waals surface area contributed by atoms with Crippen LogP contribution in [0.5, 0.6) is 0 Å². The molecule has 2 aliphatic rings. The number of carbonyl (C=O) groups excluding carboxylic acids is 2. The molecule has 3 rings (SSSR count). The summed E-state index contributed by atoms with van der Waals surface area (Å²) in [6.45, 7) is 4.17. The van der Waals surface area contributed by atoms with Crippen LogP contribution >= 0.6 is 0 Å². The summed E-state index contributed by atoms with van der Waals surface area (Å²) in [5.41, 5.74) is 4.26. The molecule has 5 heteroatoms. The molecule has 0 saturated heterocycles. The fraction of sp³-hybridized carbons (Fsp3) is 0.286. The quantitative estimate of drug-likeness (QED) is 0.749. The molecular weight excluding hydrogens is 244 g/mol. The molecule has 0 radical (unpaired) electrons. The summed E-state index contributed by atoms with van der Waals surface area (Å²) in [5, 5.41) is 5.39. The van der Waals surface area contributed by atoms with Gasteiger partial charge in [-0.1, -0.05) is 18.2 Å². The van der Waals surface area contributed by atoms with Crippen molar-refractivity contribution in [1.82, 2.24) is 10.6 Å². The number of cyclic esters (lactones) is 1. The van der Waals surface area contributed by atoms with Crippen molar-refractivity contribution in [3.8, 4) is 0 Å². The fourth-order valence-electron chi connectivity index (χ4n) is 2.38. The molecule has 2 N–H and O–H groups in total. The Bertz CT molecular complexity index is 619. The highest BCUT2D eigenvalue weighted by Gasteiger charge is 2.37. The summed E-state index contributed by atoms with van der Waals surface area (Å²) in [4.78, 5) is 23.4. The zero-order chi connectivity index (χ0) is 13.6. The van der Waals surface area contributed by atoms with Gasteiger partial charge in [-0.2, -0.15) is 0 Å². The number of benzene rings is 1. The van der Waals surface area contributed by atoms with Crippen molar-refractivity contribution in [2.45, 2.75) is 19.9 Å². The minimum absolute atomic E-state index is 0.142. The average molecular weight is 258 g/mol. The molecule has 1 atom stereocenters. The monoisotopic (exact) mass is 258 g/mol. The zero-order valence-electron chi connectivity index (χ0n) is 10.7. The van der Waals surface area contributed by atoms with Gasteiger partial charge in [0.05, 0.1) is 17.3 Å². The van der Waals surface area contributed by atoms with Gasteiger partial charge < -0.3 is 15.4 Å². The number of hydrogen-bond acceptors (Lipinski definition) is 3. The first kappa shape index (κ1) is 11.8. The summed E-state index contributed by atoms with van der Waals surface area (Å²) in [6.07, 6.45) is 0. The van der Waals surface area contributed by atoms with E-state index in [9.17, 15) is 9.59 Å². The topological polar surface area (TPSA) is 67.4 Å². The van der Waals surface area contributed by atoms with Crippen molar-refractivity contribution >= 4 is 12.0 Å². The van der Waals surface area contributed by atoms with Gasteiger partial charge in [-0.15, -0.1) is 0 Å². The fourth-order valence-corrected chi connectivity index (χ4v) is 2.38. The minimum atomic E-state index is -0.432. The average Bonchev–Trinajstić information content (AvgIpc) is 2.73. The summed E-state index contributed by atoms with van der Waals surface area (Å²) in [7, 11) is 0. The third kappa shape index (κ3) is 1.87. The van der Waals surface area contributed by atoms with Gasteiger partial charge in [0.1, 0.15) is 6.61 Å². The van der Waals surface area contributed by atoms with Crippen LogP contribution in [0.3, 0.4) is 0 Å². The standard InChI is InChI=1S/C14H14N2O3/c1-7-3-4-9(5-8(7)2)12-11-10(6-19-13(11)17)15-14(18)16-12/h3-5,12H,6H2,1-2H3,(H2,15,16,18)/t12-/m0/s1. The molecule has 0 aromatic heterocycles. The molecule has 2 amide bonds. The second-order valence-electron chi connectivity index (χ2n) is 4.84. The lowest BCUT2D eigenvalue weighted by Gasteiger charge is -2.25. The maximum atomic E-state index is 11.8. The Morgan fingerprint density at radius 1 is 1.21 bits per heavy atom. The number of esters is 1. The van der Waals surface area contributed by atoms with Crippen molar-refractivity contribution in [1.29, 1.82) is 0 Å². The van der Waals surface area contributed by atoms with Crippen LogP contribution in [0, 0.1) is 13.8 Å². The van der Waals surface area contributed by atoms with Gasteiger partial charge >= 0.3 is 12.0 Å². The third-order valence-electron chi connectivity index (χ3n) is 3.59. The van der Waals surface area contributed by atoms with Crippen molar-refractivity contribution < 1.29 is 14.3 Å². The predicted octanol–water partition coefficient (Wildman–Crippen LogP) is 1.47. The molecule has 2 aliphatic heterocycles. The Morgan fingerprint density at radius 2 is 2.00 bits per heavy atom. The highest BCUT2D eigenvalue weighted by atomic mass is 16.5. The Hall–Kier alpha value is -2.30. The maximum Gasteiger partial charge on any atom is 0.338 e. The van der Waals surface area contributed by atoms with E-state index in [1.54, 1.807) is 0 Å². The van der Waals surface area contributed by atoms with Crippen molar-refractivity contribution in [3.05, 3.63) is 46.2 Å². The number of ether oxygens (including phenoxy) is 1. The van der Waals surface area contributed by atoms with E-state index < -0.39 is 6.04 Å². The SMILES string of the molecule is Cc1ccc([C@@H]2NC(=O)NC3=C2C(=O)OC3)cc1C. The van der Waals surface area contributed by atoms with E-state index in [-0.39, 0.29) is 18.6 Å². The number of amides is 2. The number of carbonyl (C=O) groups is 2. The van der Waals surface area contributed by atoms with Gasteiger partial charge in [-0.3, -0.25) is 0 Å². The molecule has 0 bridgehead atoms. The van der Waals surface area contributed by atoms with Crippen molar-refractivity contribution in [2.75, 3.05) is 6.61 Å². The Kier molecular flexibility index (Phi) is 2.55. The lowest BCUT2D eigenvalue weighted by atomic mass is 9.94. The molecule has 19 heavy (non-hydrogen) atoms. The largest absolute Gasteiger partial charge is 0.456 e. The van der Waals surface area contributed by atoms with E-state index in [1.165, 1.54) is 5.56 Å². The van der Waals surface area contributed by atoms with Gasteiger partial charge in [0, 0.05) is 0 Å². The lowest BCUT2D eigenvalue weighted by Crippen LogP contribution is -2.44. The van der Waals surface area contributed by atoms with Gasteiger partial charge in [0.15, 0.2) is 0 Å². The Balaban J connectivity index is 2.07. The molecule has 2 heterocycles. The molecule has 5 nitrogen and oxygen atoms in total. The number of rotatable bonds is 1. The molecule has 0 unspecified atom stereocenters. The molecule has 1 aromatic rings. The van der Waals surface area contributed by atoms with Crippen LogP contribution in [0.2, 0.25) is 0 Å². The summed E-state index contributed by atoms with van der Waals surface area (Å²) in [5.74, 6) is -0.370. The maximum absolute atomic E-state index is 11.8. The molecule has 0 spiro atoms. The number of hydrogen-bond donors (Lipinski definition) is 2. The van der Waals surface area contributed by atoms with Gasteiger partial charge in [0.2, 0.25) is 0 Å². The molecule has 0 aliphatic carbocycles. The number of urea groups is 1. The third-order valence-corrected chi connectivity index (χ3v) is 3.59. The van der Waals surface area contributed by atoms with Crippen LogP contribution in [-0.2, 0) is 9.53 Å². The zero-order valence-corrected chi connectivity index (χ0v) is 10.7. The van der Waals surface area contributed by atoms with Gasteiger partial charge in [-0.25, -0.2) is 9.59 Å². The Morgan fingerprint density at radius 3 is 2.74 bits per heavy atom. The van der Waals surface area contributed by atoms with Crippen LogP contribution in [0.25, 0.3) is 0 Å².